The van der Waals surface area contributed by atoms with Crippen LogP contribution in [0.5, 0.6) is 5.75 Å². The van der Waals surface area contributed by atoms with E-state index in [-0.39, 0.29) is 18.1 Å². The van der Waals surface area contributed by atoms with Crippen LogP contribution in [0.1, 0.15) is 33.6 Å². The Morgan fingerprint density at radius 3 is 2.53 bits per heavy atom. The average molecular weight is 407 g/mol. The Morgan fingerprint density at radius 2 is 1.80 bits per heavy atom. The molecule has 2 aliphatic rings. The monoisotopic (exact) mass is 406 g/mol. The van der Waals surface area contributed by atoms with Crippen molar-refractivity contribution in [2.24, 2.45) is 4.99 Å². The van der Waals surface area contributed by atoms with E-state index in [0.29, 0.717) is 12.3 Å². The van der Waals surface area contributed by atoms with Crippen molar-refractivity contribution in [3.05, 3.63) is 54.6 Å². The molecule has 0 bridgehead atoms. The van der Waals surface area contributed by atoms with Crippen LogP contribution < -0.4 is 15.4 Å². The van der Waals surface area contributed by atoms with Crippen LogP contribution >= 0.6 is 0 Å². The predicted molar refractivity (Wildman–Crippen MR) is 121 cm³/mol. The van der Waals surface area contributed by atoms with Crippen LogP contribution in [0.25, 0.3) is 0 Å². The van der Waals surface area contributed by atoms with E-state index in [9.17, 15) is 4.79 Å². The number of rotatable bonds is 3. The quantitative estimate of drug-likeness (QED) is 0.803. The Labute approximate surface area is 178 Å². The molecule has 1 atom stereocenters. The molecule has 0 saturated carbocycles. The van der Waals surface area contributed by atoms with Crippen LogP contribution in [-0.2, 0) is 4.79 Å². The molecule has 0 radical (unpaired) electrons. The van der Waals surface area contributed by atoms with Crippen molar-refractivity contribution in [3.63, 3.8) is 0 Å². The number of carbonyl (C=O) groups is 1. The van der Waals surface area contributed by atoms with E-state index in [4.69, 9.17) is 9.73 Å². The zero-order valence-electron chi connectivity index (χ0n) is 17.9. The number of fused-ring (bicyclic) bond motifs is 1. The molecule has 2 heterocycles. The maximum absolute atomic E-state index is 12.9. The smallest absolute Gasteiger partial charge is 0.260 e. The minimum absolute atomic E-state index is 0.00584. The molecule has 1 amide bonds. The highest BCUT2D eigenvalue weighted by Crippen LogP contribution is 2.37. The lowest BCUT2D eigenvalue weighted by molar-refractivity contribution is -0.134. The fourth-order valence-corrected chi connectivity index (χ4v) is 4.05. The molecule has 2 aromatic rings. The Morgan fingerprint density at radius 1 is 1.10 bits per heavy atom. The molecule has 0 aliphatic carbocycles. The first-order valence-electron chi connectivity index (χ1n) is 10.5. The van der Waals surface area contributed by atoms with Gasteiger partial charge < -0.3 is 20.3 Å². The third-order valence-electron chi connectivity index (χ3n) is 5.41. The van der Waals surface area contributed by atoms with E-state index >= 15 is 0 Å². The predicted octanol–water partition coefficient (Wildman–Crippen LogP) is 4.16. The van der Waals surface area contributed by atoms with E-state index in [1.54, 1.807) is 0 Å². The Balaban J connectivity index is 1.56. The Kier molecular flexibility index (Phi) is 5.41. The minimum Gasteiger partial charge on any atom is -0.484 e. The second-order valence-electron chi connectivity index (χ2n) is 9.03. The maximum Gasteiger partial charge on any atom is 0.260 e. The third kappa shape index (κ3) is 4.42. The van der Waals surface area contributed by atoms with E-state index in [1.807, 2.05) is 53.4 Å². The number of benzene rings is 2. The van der Waals surface area contributed by atoms with Crippen LogP contribution in [0.3, 0.4) is 0 Å². The zero-order chi connectivity index (χ0) is 21.2. The molecule has 0 unspecified atom stereocenters. The van der Waals surface area contributed by atoms with Crippen molar-refractivity contribution in [1.29, 1.82) is 0 Å². The van der Waals surface area contributed by atoms with Gasteiger partial charge in [0.1, 0.15) is 17.1 Å². The van der Waals surface area contributed by atoms with E-state index in [1.165, 1.54) is 0 Å². The van der Waals surface area contributed by atoms with Gasteiger partial charge in [-0.1, -0.05) is 30.3 Å². The van der Waals surface area contributed by atoms with Gasteiger partial charge in [-0.2, -0.15) is 0 Å². The van der Waals surface area contributed by atoms with E-state index < -0.39 is 5.54 Å². The van der Waals surface area contributed by atoms with Crippen LogP contribution in [0, 0.1) is 0 Å². The van der Waals surface area contributed by atoms with Crippen molar-refractivity contribution in [3.8, 4) is 5.75 Å². The second kappa shape index (κ2) is 8.01. The van der Waals surface area contributed by atoms with Crippen LogP contribution in [0.4, 0.5) is 11.4 Å². The molecular formula is C24H30N4O2. The van der Waals surface area contributed by atoms with Gasteiger partial charge in [-0.25, -0.2) is 0 Å². The third-order valence-corrected chi connectivity index (χ3v) is 5.41. The summed E-state index contributed by atoms with van der Waals surface area (Å²) in [7, 11) is 0. The lowest BCUT2D eigenvalue weighted by Gasteiger charge is -2.47. The van der Waals surface area contributed by atoms with Gasteiger partial charge in [-0.3, -0.25) is 9.79 Å². The summed E-state index contributed by atoms with van der Waals surface area (Å²) in [6.07, 6.45) is 1.81. The van der Waals surface area contributed by atoms with Gasteiger partial charge >= 0.3 is 0 Å². The van der Waals surface area contributed by atoms with E-state index in [2.05, 4.69) is 37.5 Å². The summed E-state index contributed by atoms with van der Waals surface area (Å²) in [5.41, 5.74) is 1.40. The topological polar surface area (TPSA) is 66.0 Å². The molecule has 6 heteroatoms. The molecule has 1 saturated heterocycles. The number of nitrogens with one attached hydrogen (secondary N) is 2. The number of para-hydroxylation sites is 3. The number of nitrogens with zero attached hydrogens (tertiary/aromatic N) is 2. The lowest BCUT2D eigenvalue weighted by Crippen LogP contribution is -2.63. The molecule has 1 spiro atoms. The van der Waals surface area contributed by atoms with Crippen LogP contribution in [0.15, 0.2) is 59.6 Å². The number of amides is 1. The number of piperidine rings is 1. The van der Waals surface area contributed by atoms with Crippen molar-refractivity contribution in [1.82, 2.24) is 4.90 Å². The number of likely N-dealkylation sites (tertiary alicyclic amines) is 1. The molecule has 0 aromatic heterocycles. The first-order valence-corrected chi connectivity index (χ1v) is 10.5. The molecule has 2 aliphatic heterocycles. The molecule has 2 aromatic carbocycles. The number of anilines is 2. The minimum atomic E-state index is -0.428. The highest BCUT2D eigenvalue weighted by atomic mass is 16.5. The standard InChI is InChI=1S/C24H30N4O2/c1-23(2,3)27-22-24(26-20-13-8-7-12-19(20)25-22)14-9-15-28(17-24)21(29)16-30-18-10-5-4-6-11-18/h4-8,10-13,26H,9,14-17H2,1-3H3,(H,25,27)/t24-/m0/s1. The van der Waals surface area contributed by atoms with Crippen molar-refractivity contribution in [2.75, 3.05) is 30.3 Å². The summed E-state index contributed by atoms with van der Waals surface area (Å²) in [4.78, 5) is 19.8. The highest BCUT2D eigenvalue weighted by molar-refractivity contribution is 6.10. The maximum atomic E-state index is 12.9. The summed E-state index contributed by atoms with van der Waals surface area (Å²) in [6.45, 7) is 7.60. The van der Waals surface area contributed by atoms with Gasteiger partial charge in [0.15, 0.2) is 6.61 Å². The summed E-state index contributed by atoms with van der Waals surface area (Å²) in [5.74, 6) is 1.60. The van der Waals surface area contributed by atoms with E-state index in [0.717, 1.165) is 36.6 Å². The van der Waals surface area contributed by atoms with Gasteiger partial charge in [0.05, 0.1) is 23.5 Å². The first-order chi connectivity index (χ1) is 14.3. The number of hydrogen-bond acceptors (Lipinski definition) is 4. The summed E-state index contributed by atoms with van der Waals surface area (Å²) >= 11 is 0. The summed E-state index contributed by atoms with van der Waals surface area (Å²) in [5, 5.41) is 7.27. The number of hydrogen-bond donors (Lipinski definition) is 2. The molecule has 6 nitrogen and oxygen atoms in total. The Bertz CT molecular complexity index is 936. The van der Waals surface area contributed by atoms with Gasteiger partial charge in [0, 0.05) is 6.54 Å². The number of carbonyl (C=O) groups excluding carboxylic acids is 1. The highest BCUT2D eigenvalue weighted by Gasteiger charge is 2.45. The lowest BCUT2D eigenvalue weighted by atomic mass is 9.84. The van der Waals surface area contributed by atoms with Crippen molar-refractivity contribution >= 4 is 23.1 Å². The fraction of sp³-hybridized carbons (Fsp3) is 0.417. The summed E-state index contributed by atoms with van der Waals surface area (Å²) < 4.78 is 5.70. The molecule has 2 N–H and O–H groups in total. The van der Waals surface area contributed by atoms with Gasteiger partial charge in [-0.15, -0.1) is 0 Å². The largest absolute Gasteiger partial charge is 0.484 e. The average Bonchev–Trinajstić information content (AvgIpc) is 2.72. The number of ether oxygens (including phenoxy) is 1. The molecule has 158 valence electrons. The van der Waals surface area contributed by atoms with Crippen LogP contribution in [-0.4, -0.2) is 47.4 Å². The molecule has 30 heavy (non-hydrogen) atoms. The second-order valence-corrected chi connectivity index (χ2v) is 9.03. The molecular weight excluding hydrogens is 376 g/mol. The SMILES string of the molecule is CC(C)(C)N=C1Nc2ccccc2N[C@]12CCCN(C(=O)COc1ccccc1)C2. The van der Waals surface area contributed by atoms with Gasteiger partial charge in [0.25, 0.3) is 5.91 Å². The fourth-order valence-electron chi connectivity index (χ4n) is 4.05. The summed E-state index contributed by atoms with van der Waals surface area (Å²) in [6, 6.07) is 17.6. The number of amidine groups is 1. The Hall–Kier alpha value is -3.02. The van der Waals surface area contributed by atoms with Gasteiger partial charge in [0.2, 0.25) is 0 Å². The molecule has 4 rings (SSSR count). The van der Waals surface area contributed by atoms with Crippen molar-refractivity contribution in [2.45, 2.75) is 44.7 Å². The molecule has 1 fully saturated rings. The number of aliphatic imine (C=N–C) groups is 1. The van der Waals surface area contributed by atoms with Crippen molar-refractivity contribution < 1.29 is 9.53 Å². The first kappa shape index (κ1) is 20.3. The van der Waals surface area contributed by atoms with Crippen LogP contribution in [0.2, 0.25) is 0 Å². The zero-order valence-corrected chi connectivity index (χ0v) is 17.9. The van der Waals surface area contributed by atoms with Gasteiger partial charge in [-0.05, 0) is 57.9 Å². The normalized spacial score (nSPS) is 22.2.